The summed E-state index contributed by atoms with van der Waals surface area (Å²) < 4.78 is 2.91. The molecule has 0 atom stereocenters. The van der Waals surface area contributed by atoms with Crippen LogP contribution in [-0.2, 0) is 4.79 Å². The number of halogens is 2. The van der Waals surface area contributed by atoms with E-state index in [1.807, 2.05) is 71.3 Å². The molecule has 0 saturated carbocycles. The van der Waals surface area contributed by atoms with Gasteiger partial charge >= 0.3 is 0 Å². The molecule has 0 aliphatic rings. The van der Waals surface area contributed by atoms with Crippen LogP contribution in [0.1, 0.15) is 5.56 Å². The number of nitrogens with one attached hydrogen (secondary N) is 1. The zero-order valence-electron chi connectivity index (χ0n) is 16.7. The van der Waals surface area contributed by atoms with Crippen molar-refractivity contribution in [3.63, 3.8) is 0 Å². The van der Waals surface area contributed by atoms with Crippen LogP contribution in [-0.4, -0.2) is 32.6 Å². The van der Waals surface area contributed by atoms with Crippen molar-refractivity contribution < 1.29 is 4.79 Å². The lowest BCUT2D eigenvalue weighted by Gasteiger charge is -2.10. The minimum atomic E-state index is -0.250. The van der Waals surface area contributed by atoms with E-state index in [0.29, 0.717) is 16.0 Å². The van der Waals surface area contributed by atoms with E-state index < -0.39 is 0 Å². The molecule has 32 heavy (non-hydrogen) atoms. The first-order valence-corrected chi connectivity index (χ1v) is 11.7. The Bertz CT molecular complexity index is 1240. The lowest BCUT2D eigenvalue weighted by Crippen LogP contribution is -2.20. The summed E-state index contributed by atoms with van der Waals surface area (Å²) >= 11 is 10.7. The summed E-state index contributed by atoms with van der Waals surface area (Å²) in [5.74, 6) is 0.589. The van der Waals surface area contributed by atoms with Gasteiger partial charge in [0.2, 0.25) is 0 Å². The lowest BCUT2D eigenvalue weighted by atomic mass is 10.2. The van der Waals surface area contributed by atoms with E-state index in [2.05, 4.69) is 36.7 Å². The van der Waals surface area contributed by atoms with Crippen LogP contribution in [0.4, 0.5) is 0 Å². The molecule has 160 valence electrons. The molecular weight excluding hydrogens is 510 g/mol. The van der Waals surface area contributed by atoms with E-state index in [9.17, 15) is 4.79 Å². The highest BCUT2D eigenvalue weighted by molar-refractivity contribution is 9.10. The molecule has 0 spiro atoms. The molecule has 9 heteroatoms. The molecular formula is C23H17BrClN5OS. The van der Waals surface area contributed by atoms with Crippen molar-refractivity contribution in [3.8, 4) is 17.1 Å². The zero-order valence-corrected chi connectivity index (χ0v) is 19.8. The second kappa shape index (κ2) is 10.6. The Morgan fingerprint density at radius 1 is 1.06 bits per heavy atom. The molecule has 0 aliphatic carbocycles. The standard InChI is InChI=1S/C23H17BrClN5OS/c24-18-9-11-20(12-10-18)30-22(17-6-2-1-3-7-17)28-29-23(30)32-15-21(31)27-26-14-16-5-4-8-19(25)13-16/h1-14H,15H2,(H,27,31)/b26-14-. The highest BCUT2D eigenvalue weighted by atomic mass is 79.9. The van der Waals surface area contributed by atoms with Crippen molar-refractivity contribution in [1.82, 2.24) is 20.2 Å². The predicted molar refractivity (Wildman–Crippen MR) is 132 cm³/mol. The summed E-state index contributed by atoms with van der Waals surface area (Å²) in [6, 6.07) is 24.9. The normalized spacial score (nSPS) is 11.1. The number of thioether (sulfide) groups is 1. The largest absolute Gasteiger partial charge is 0.272 e. The molecule has 0 unspecified atom stereocenters. The smallest absolute Gasteiger partial charge is 0.250 e. The van der Waals surface area contributed by atoms with Gasteiger partial charge in [0.15, 0.2) is 11.0 Å². The molecule has 0 bridgehead atoms. The first kappa shape index (κ1) is 22.3. The Morgan fingerprint density at radius 2 is 1.84 bits per heavy atom. The molecule has 4 aromatic rings. The van der Waals surface area contributed by atoms with E-state index in [0.717, 1.165) is 21.3 Å². The van der Waals surface area contributed by atoms with Crippen LogP contribution >= 0.6 is 39.3 Å². The minimum Gasteiger partial charge on any atom is -0.272 e. The molecule has 0 saturated heterocycles. The average Bonchev–Trinajstić information content (AvgIpc) is 3.23. The number of carbonyl (C=O) groups is 1. The second-order valence-electron chi connectivity index (χ2n) is 6.62. The highest BCUT2D eigenvalue weighted by Crippen LogP contribution is 2.28. The van der Waals surface area contributed by atoms with Crippen LogP contribution in [0.15, 0.2) is 93.6 Å². The van der Waals surface area contributed by atoms with Crippen molar-refractivity contribution in [1.29, 1.82) is 0 Å². The molecule has 6 nitrogen and oxygen atoms in total. The van der Waals surface area contributed by atoms with E-state index >= 15 is 0 Å². The highest BCUT2D eigenvalue weighted by Gasteiger charge is 2.17. The Morgan fingerprint density at radius 3 is 2.59 bits per heavy atom. The van der Waals surface area contributed by atoms with E-state index in [1.165, 1.54) is 11.8 Å². The van der Waals surface area contributed by atoms with E-state index in [1.54, 1.807) is 18.3 Å². The number of benzene rings is 3. The fraction of sp³-hybridized carbons (Fsp3) is 0.0435. The van der Waals surface area contributed by atoms with Crippen LogP contribution in [0, 0.1) is 0 Å². The number of hydrogen-bond acceptors (Lipinski definition) is 5. The summed E-state index contributed by atoms with van der Waals surface area (Å²) in [5.41, 5.74) is 5.17. The number of nitrogens with zero attached hydrogens (tertiary/aromatic N) is 4. The van der Waals surface area contributed by atoms with Gasteiger partial charge in [-0.15, -0.1) is 10.2 Å². The van der Waals surface area contributed by atoms with Gasteiger partial charge in [-0.3, -0.25) is 9.36 Å². The summed E-state index contributed by atoms with van der Waals surface area (Å²) in [6.07, 6.45) is 1.55. The van der Waals surface area contributed by atoms with Gasteiger partial charge in [-0.25, -0.2) is 5.43 Å². The topological polar surface area (TPSA) is 72.2 Å². The third-order valence-electron chi connectivity index (χ3n) is 4.33. The van der Waals surface area contributed by atoms with Gasteiger partial charge in [-0.2, -0.15) is 5.10 Å². The van der Waals surface area contributed by atoms with E-state index in [-0.39, 0.29) is 11.7 Å². The summed E-state index contributed by atoms with van der Waals surface area (Å²) in [7, 11) is 0. The Balaban J connectivity index is 1.50. The average molecular weight is 527 g/mol. The van der Waals surface area contributed by atoms with E-state index in [4.69, 9.17) is 11.6 Å². The molecule has 1 N–H and O–H groups in total. The van der Waals surface area contributed by atoms with Gasteiger partial charge in [-0.05, 0) is 42.0 Å². The van der Waals surface area contributed by atoms with Gasteiger partial charge in [0.1, 0.15) is 0 Å². The molecule has 1 amide bonds. The van der Waals surface area contributed by atoms with Gasteiger partial charge < -0.3 is 0 Å². The maximum Gasteiger partial charge on any atom is 0.250 e. The Labute approximate surface area is 202 Å². The van der Waals surface area contributed by atoms with Crippen LogP contribution in [0.5, 0.6) is 0 Å². The first-order chi connectivity index (χ1) is 15.6. The summed E-state index contributed by atoms with van der Waals surface area (Å²) in [5, 5.41) is 13.9. The molecule has 0 radical (unpaired) electrons. The summed E-state index contributed by atoms with van der Waals surface area (Å²) in [6.45, 7) is 0. The lowest BCUT2D eigenvalue weighted by molar-refractivity contribution is -0.118. The number of hydrazone groups is 1. The maximum absolute atomic E-state index is 12.3. The number of carbonyl (C=O) groups excluding carboxylic acids is 1. The SMILES string of the molecule is O=C(CSc1nnc(-c2ccccc2)n1-c1ccc(Br)cc1)N/N=C\c1cccc(Cl)c1. The number of aromatic nitrogens is 3. The third-order valence-corrected chi connectivity index (χ3v) is 6.03. The number of amides is 1. The maximum atomic E-state index is 12.3. The van der Waals surface area contributed by atoms with Gasteiger partial charge in [-0.1, -0.05) is 81.8 Å². The van der Waals surface area contributed by atoms with Crippen molar-refractivity contribution >= 4 is 51.4 Å². The molecule has 0 aliphatic heterocycles. The molecule has 3 aromatic carbocycles. The van der Waals surface area contributed by atoms with Gasteiger partial charge in [0.05, 0.1) is 12.0 Å². The van der Waals surface area contributed by atoms with Gasteiger partial charge in [0.25, 0.3) is 5.91 Å². The second-order valence-corrected chi connectivity index (χ2v) is 8.92. The fourth-order valence-corrected chi connectivity index (χ4v) is 4.10. The molecule has 0 fully saturated rings. The fourth-order valence-electron chi connectivity index (χ4n) is 2.89. The first-order valence-electron chi connectivity index (χ1n) is 9.57. The predicted octanol–water partition coefficient (Wildman–Crippen LogP) is 5.59. The number of rotatable bonds is 7. The third kappa shape index (κ3) is 5.64. The van der Waals surface area contributed by atoms with Crippen LogP contribution in [0.3, 0.4) is 0 Å². The monoisotopic (exact) mass is 525 g/mol. The van der Waals surface area contributed by atoms with Crippen LogP contribution in [0.25, 0.3) is 17.1 Å². The minimum absolute atomic E-state index is 0.135. The van der Waals surface area contributed by atoms with Crippen LogP contribution < -0.4 is 5.43 Å². The molecule has 1 heterocycles. The summed E-state index contributed by atoms with van der Waals surface area (Å²) in [4.78, 5) is 12.3. The quantitative estimate of drug-likeness (QED) is 0.193. The van der Waals surface area contributed by atoms with Crippen molar-refractivity contribution in [3.05, 3.63) is 93.9 Å². The van der Waals surface area contributed by atoms with Crippen molar-refractivity contribution in [2.24, 2.45) is 5.10 Å². The molecule has 4 rings (SSSR count). The zero-order chi connectivity index (χ0) is 22.3. The van der Waals surface area contributed by atoms with Crippen molar-refractivity contribution in [2.45, 2.75) is 5.16 Å². The molecule has 1 aromatic heterocycles. The number of hydrogen-bond donors (Lipinski definition) is 1. The Hall–Kier alpha value is -2.94. The van der Waals surface area contributed by atoms with Crippen LogP contribution in [0.2, 0.25) is 5.02 Å². The van der Waals surface area contributed by atoms with Gasteiger partial charge in [0, 0.05) is 20.7 Å². The van der Waals surface area contributed by atoms with Crippen molar-refractivity contribution in [2.75, 3.05) is 5.75 Å². The Kier molecular flexibility index (Phi) is 7.36.